The van der Waals surface area contributed by atoms with Crippen LogP contribution in [0.1, 0.15) is 24.1 Å². The van der Waals surface area contributed by atoms with Crippen LogP contribution in [0.15, 0.2) is 64.7 Å². The molecule has 6 nitrogen and oxygen atoms in total. The van der Waals surface area contributed by atoms with E-state index in [0.29, 0.717) is 5.75 Å². The maximum atomic E-state index is 13.7. The van der Waals surface area contributed by atoms with Gasteiger partial charge in [0, 0.05) is 11.9 Å². The van der Waals surface area contributed by atoms with Crippen LogP contribution in [0.2, 0.25) is 0 Å². The van der Waals surface area contributed by atoms with Gasteiger partial charge < -0.3 is 14.8 Å². The molecule has 2 aromatic carbocycles. The Kier molecular flexibility index (Phi) is 7.57. The van der Waals surface area contributed by atoms with Crippen molar-refractivity contribution in [2.75, 3.05) is 26.5 Å². The number of benzene rings is 2. The summed E-state index contributed by atoms with van der Waals surface area (Å²) < 4.78 is 52.0. The van der Waals surface area contributed by atoms with Gasteiger partial charge in [0.05, 0.1) is 29.5 Å². The third-order valence-electron chi connectivity index (χ3n) is 5.08. The van der Waals surface area contributed by atoms with E-state index in [1.54, 1.807) is 30.8 Å². The Labute approximate surface area is 193 Å². The number of halogens is 3. The summed E-state index contributed by atoms with van der Waals surface area (Å²) in [6, 6.07) is 9.95. The minimum Gasteiger partial charge on any atom is -0.487 e. The summed E-state index contributed by atoms with van der Waals surface area (Å²) in [6.45, 7) is 1.38. The highest BCUT2D eigenvalue weighted by Crippen LogP contribution is 2.39. The van der Waals surface area contributed by atoms with Crippen molar-refractivity contribution in [2.45, 2.75) is 24.0 Å². The zero-order chi connectivity index (χ0) is 24.2. The first-order valence-corrected chi connectivity index (χ1v) is 11.3. The second kappa shape index (κ2) is 10.2. The first kappa shape index (κ1) is 24.5. The second-order valence-electron chi connectivity index (χ2n) is 7.07. The van der Waals surface area contributed by atoms with Crippen molar-refractivity contribution in [3.8, 4) is 5.75 Å². The Bertz CT molecular complexity index is 1050. The number of ether oxygens (including phenoxy) is 2. The van der Waals surface area contributed by atoms with E-state index in [9.17, 15) is 22.8 Å². The lowest BCUT2D eigenvalue weighted by atomic mass is 9.91. The standard InChI is InChI=1S/C23H23F3N2O4S/c1-4-31-21(29)19-18(13-32-14-9-11-15(33-3)12-10-14)28(2)22(30)27-20(19)16-7-5-6-8-17(16)23(24,25)26/h5-12,20H,4,13H2,1-3H3,(H,27,30)/t20-/m1/s1. The molecule has 0 spiro atoms. The minimum absolute atomic E-state index is 0.0118. The van der Waals surface area contributed by atoms with E-state index >= 15 is 0 Å². The van der Waals surface area contributed by atoms with Gasteiger partial charge in [0.1, 0.15) is 12.4 Å². The van der Waals surface area contributed by atoms with Crippen molar-refractivity contribution in [3.05, 3.63) is 70.9 Å². The summed E-state index contributed by atoms with van der Waals surface area (Å²) in [6.07, 6.45) is -2.75. The average molecular weight is 481 g/mol. The van der Waals surface area contributed by atoms with Gasteiger partial charge in [-0.3, -0.25) is 4.90 Å². The quantitative estimate of drug-likeness (QED) is 0.445. The van der Waals surface area contributed by atoms with Crippen LogP contribution >= 0.6 is 11.8 Å². The Morgan fingerprint density at radius 3 is 2.42 bits per heavy atom. The highest BCUT2D eigenvalue weighted by Gasteiger charge is 2.42. The second-order valence-corrected chi connectivity index (χ2v) is 7.95. The number of hydrogen-bond acceptors (Lipinski definition) is 5. The van der Waals surface area contributed by atoms with Gasteiger partial charge in [-0.05, 0) is 49.1 Å². The van der Waals surface area contributed by atoms with E-state index < -0.39 is 29.8 Å². The first-order chi connectivity index (χ1) is 15.7. The SMILES string of the molecule is CCOC(=O)C1=C(COc2ccc(SC)cc2)N(C)C(=O)N[C@@H]1c1ccccc1C(F)(F)F. The maximum Gasteiger partial charge on any atom is 0.416 e. The minimum atomic E-state index is -4.68. The molecule has 0 unspecified atom stereocenters. The Hall–Kier alpha value is -3.14. The van der Waals surface area contributed by atoms with Crippen LogP contribution in [-0.2, 0) is 15.7 Å². The Balaban J connectivity index is 2.08. The molecule has 2 amide bonds. The molecule has 3 rings (SSSR count). The molecule has 176 valence electrons. The highest BCUT2D eigenvalue weighted by molar-refractivity contribution is 7.98. The van der Waals surface area contributed by atoms with Crippen molar-refractivity contribution < 1.29 is 32.2 Å². The molecule has 2 aromatic rings. The van der Waals surface area contributed by atoms with Crippen LogP contribution in [0.25, 0.3) is 0 Å². The fourth-order valence-corrected chi connectivity index (χ4v) is 3.85. The molecule has 10 heteroatoms. The molecule has 0 radical (unpaired) electrons. The average Bonchev–Trinajstić information content (AvgIpc) is 2.79. The van der Waals surface area contributed by atoms with Crippen molar-refractivity contribution in [1.29, 1.82) is 0 Å². The number of likely N-dealkylation sites (N-methyl/N-ethyl adjacent to an activating group) is 1. The van der Waals surface area contributed by atoms with Crippen LogP contribution in [0.4, 0.5) is 18.0 Å². The molecule has 1 atom stereocenters. The molecule has 0 fully saturated rings. The highest BCUT2D eigenvalue weighted by atomic mass is 32.2. The van der Waals surface area contributed by atoms with Crippen molar-refractivity contribution in [3.63, 3.8) is 0 Å². The molecule has 33 heavy (non-hydrogen) atoms. The van der Waals surface area contributed by atoms with Gasteiger partial charge in [-0.15, -0.1) is 11.8 Å². The molecule has 0 saturated heterocycles. The maximum absolute atomic E-state index is 13.7. The molecular formula is C23H23F3N2O4S. The van der Waals surface area contributed by atoms with E-state index in [4.69, 9.17) is 9.47 Å². The number of amides is 2. The molecule has 1 aliphatic rings. The number of rotatable bonds is 7. The van der Waals surface area contributed by atoms with Crippen LogP contribution in [0.3, 0.4) is 0 Å². The van der Waals surface area contributed by atoms with Crippen molar-refractivity contribution in [1.82, 2.24) is 10.2 Å². The summed E-state index contributed by atoms with van der Waals surface area (Å²) in [5, 5.41) is 2.50. The van der Waals surface area contributed by atoms with E-state index in [-0.39, 0.29) is 30.0 Å². The van der Waals surface area contributed by atoms with Gasteiger partial charge >= 0.3 is 18.2 Å². The van der Waals surface area contributed by atoms with Gasteiger partial charge in [-0.25, -0.2) is 9.59 Å². The van der Waals surface area contributed by atoms with Gasteiger partial charge in [0.15, 0.2) is 0 Å². The van der Waals surface area contributed by atoms with Crippen molar-refractivity contribution in [2.24, 2.45) is 0 Å². The molecule has 0 aromatic heterocycles. The van der Waals surface area contributed by atoms with E-state index in [1.807, 2.05) is 18.4 Å². The fraction of sp³-hybridized carbons (Fsp3) is 0.304. The lowest BCUT2D eigenvalue weighted by Gasteiger charge is -2.35. The number of thioether (sulfide) groups is 1. The predicted octanol–water partition coefficient (Wildman–Crippen LogP) is 5.02. The number of alkyl halides is 3. The van der Waals surface area contributed by atoms with Crippen LogP contribution in [0, 0.1) is 0 Å². The molecule has 0 aliphatic carbocycles. The fourth-order valence-electron chi connectivity index (χ4n) is 3.45. The number of nitrogens with zero attached hydrogens (tertiary/aromatic N) is 1. The summed E-state index contributed by atoms with van der Waals surface area (Å²) in [5.74, 6) is -0.349. The number of hydrogen-bond donors (Lipinski definition) is 1. The van der Waals surface area contributed by atoms with Gasteiger partial charge in [0.2, 0.25) is 0 Å². The zero-order valence-corrected chi connectivity index (χ0v) is 19.0. The molecule has 1 heterocycles. The number of nitrogens with one attached hydrogen (secondary N) is 1. The Morgan fingerprint density at radius 1 is 1.15 bits per heavy atom. The lowest BCUT2D eigenvalue weighted by Crippen LogP contribution is -2.48. The largest absolute Gasteiger partial charge is 0.487 e. The monoisotopic (exact) mass is 480 g/mol. The topological polar surface area (TPSA) is 67.9 Å². The molecule has 0 bridgehead atoms. The number of esters is 1. The number of carbonyl (C=O) groups excluding carboxylic acids is 2. The van der Waals surface area contributed by atoms with Crippen LogP contribution in [-0.4, -0.2) is 43.4 Å². The number of carbonyl (C=O) groups is 2. The van der Waals surface area contributed by atoms with Crippen LogP contribution in [0.5, 0.6) is 5.75 Å². The van der Waals surface area contributed by atoms with Crippen LogP contribution < -0.4 is 10.1 Å². The summed E-state index contributed by atoms with van der Waals surface area (Å²) in [4.78, 5) is 27.7. The van der Waals surface area contributed by atoms with E-state index in [2.05, 4.69) is 5.32 Å². The molecular weight excluding hydrogens is 457 g/mol. The summed E-state index contributed by atoms with van der Waals surface area (Å²) >= 11 is 1.56. The van der Waals surface area contributed by atoms with Gasteiger partial charge in [-0.1, -0.05) is 18.2 Å². The predicted molar refractivity (Wildman–Crippen MR) is 118 cm³/mol. The normalized spacial score (nSPS) is 16.5. The molecule has 1 N–H and O–H groups in total. The third kappa shape index (κ3) is 5.44. The van der Waals surface area contributed by atoms with Gasteiger partial charge in [0.25, 0.3) is 0 Å². The van der Waals surface area contributed by atoms with Gasteiger partial charge in [-0.2, -0.15) is 13.2 Å². The first-order valence-electron chi connectivity index (χ1n) is 10.0. The molecule has 1 aliphatic heterocycles. The zero-order valence-electron chi connectivity index (χ0n) is 18.2. The van der Waals surface area contributed by atoms with E-state index in [0.717, 1.165) is 15.9 Å². The lowest BCUT2D eigenvalue weighted by molar-refractivity contribution is -0.141. The number of urea groups is 1. The summed E-state index contributed by atoms with van der Waals surface area (Å²) in [7, 11) is 1.41. The van der Waals surface area contributed by atoms with Crippen molar-refractivity contribution >= 4 is 23.8 Å². The third-order valence-corrected chi connectivity index (χ3v) is 5.83. The Morgan fingerprint density at radius 2 is 1.82 bits per heavy atom. The van der Waals surface area contributed by atoms with E-state index in [1.165, 1.54) is 25.2 Å². The molecule has 0 saturated carbocycles. The summed E-state index contributed by atoms with van der Waals surface area (Å²) in [5.41, 5.74) is -1.20. The smallest absolute Gasteiger partial charge is 0.416 e.